The van der Waals surface area contributed by atoms with Gasteiger partial charge in [-0.05, 0) is 0 Å². The van der Waals surface area contributed by atoms with Gasteiger partial charge < -0.3 is 5.32 Å². The Morgan fingerprint density at radius 3 is 1.67 bits per heavy atom. The van der Waals surface area contributed by atoms with Gasteiger partial charge in [-0.25, -0.2) is 0 Å². The Hall–Kier alpha value is 1.21. The summed E-state index contributed by atoms with van der Waals surface area (Å²) in [6, 6.07) is 0. The molecule has 0 atom stereocenters. The topological polar surface area (TPSA) is 14.1 Å². The molecule has 0 heterocycles. The Balaban J connectivity index is -0.0000000450. The van der Waals surface area contributed by atoms with E-state index < -0.39 is 0 Å². The van der Waals surface area contributed by atoms with Crippen molar-refractivity contribution in [1.82, 2.24) is 0 Å². The van der Waals surface area contributed by atoms with Crippen molar-refractivity contribution in [2.24, 2.45) is 0 Å². The molecular weight excluding hydrogens is 252 g/mol. The van der Waals surface area contributed by atoms with Crippen LogP contribution in [0.3, 0.4) is 0 Å². The van der Waals surface area contributed by atoms with E-state index in [1.165, 1.54) is 0 Å². The summed E-state index contributed by atoms with van der Waals surface area (Å²) < 4.78 is 0. The monoisotopic (exact) mass is 262 g/mol. The molecule has 0 fully saturated rings. The molecule has 0 rings (SSSR count). The van der Waals surface area contributed by atoms with E-state index in [1.54, 1.807) is 7.05 Å². The quantitative estimate of drug-likeness (QED) is 0.625. The van der Waals surface area contributed by atoms with Gasteiger partial charge in [0.25, 0.3) is 0 Å². The molecule has 0 N–H and O–H groups in total. The van der Waals surface area contributed by atoms with E-state index in [0.29, 0.717) is 0 Å². The van der Waals surface area contributed by atoms with Gasteiger partial charge in [-0.2, -0.15) is 13.6 Å². The maximum atomic E-state index is 3.74. The van der Waals surface area contributed by atoms with Gasteiger partial charge in [0.1, 0.15) is 0 Å². The van der Waals surface area contributed by atoms with Crippen LogP contribution in [-0.2, 0) is 39.0 Å². The van der Waals surface area contributed by atoms with E-state index in [2.05, 4.69) is 5.32 Å². The van der Waals surface area contributed by atoms with Crippen molar-refractivity contribution in [2.75, 3.05) is 13.6 Å². The fourth-order valence-electron chi connectivity index (χ4n) is 0. The normalized spacial score (nSPS) is 5.00. The van der Waals surface area contributed by atoms with Gasteiger partial charge in [0, 0.05) is 19.5 Å². The second kappa shape index (κ2) is 16.4. The Morgan fingerprint density at radius 1 is 1.50 bits per heavy atom. The molecule has 0 aliphatic heterocycles. The van der Waals surface area contributed by atoms with E-state index in [1.807, 2.05) is 6.92 Å². The molecule has 3 heteroatoms. The van der Waals surface area contributed by atoms with Gasteiger partial charge in [0.15, 0.2) is 0 Å². The predicted molar refractivity (Wildman–Crippen MR) is 19.8 cm³/mol. The van der Waals surface area contributed by atoms with Crippen molar-refractivity contribution in [3.63, 3.8) is 0 Å². The summed E-state index contributed by atoms with van der Waals surface area (Å²) in [7, 11) is 1.81. The van der Waals surface area contributed by atoms with E-state index in [4.69, 9.17) is 0 Å². The molecule has 1 radical (unpaired) electrons. The first kappa shape index (κ1) is 15.7. The van der Waals surface area contributed by atoms with Crippen LogP contribution in [0, 0.1) is 0 Å². The summed E-state index contributed by atoms with van der Waals surface area (Å²) in [6.07, 6.45) is 0. The average Bonchev–Trinajstić information content (AvgIpc) is 1.37. The van der Waals surface area contributed by atoms with Crippen LogP contribution in [0.1, 0.15) is 6.92 Å². The molecule has 0 unspecified atom stereocenters. The molecular formula is C3H8NRu2. The largest absolute Gasteiger partial charge is 1.00 e. The second-order valence-corrected chi connectivity index (χ2v) is 0.632. The molecule has 0 aliphatic rings. The smallest absolute Gasteiger partial charge is 0.665 e. The summed E-state index contributed by atoms with van der Waals surface area (Å²) in [6.45, 7) is 2.96. The predicted octanol–water partition coefficient (Wildman–Crippen LogP) is 1.00. The maximum Gasteiger partial charge on any atom is 1.00 e. The summed E-state index contributed by atoms with van der Waals surface area (Å²) >= 11 is 0. The number of nitrogens with zero attached hydrogens (tertiary/aromatic N) is 1. The third kappa shape index (κ3) is 18.9. The third-order valence-electron chi connectivity index (χ3n) is 0.316. The van der Waals surface area contributed by atoms with Crippen molar-refractivity contribution in [2.45, 2.75) is 6.92 Å². The second-order valence-electron chi connectivity index (χ2n) is 0.632. The van der Waals surface area contributed by atoms with Gasteiger partial charge in [0.05, 0.1) is 0 Å². The van der Waals surface area contributed by atoms with Crippen molar-refractivity contribution >= 4 is 0 Å². The molecule has 0 bridgehead atoms. The molecule has 1 nitrogen and oxygen atoms in total. The minimum absolute atomic E-state index is 0. The summed E-state index contributed by atoms with van der Waals surface area (Å²) in [5.74, 6) is 0. The molecule has 0 amide bonds. The first-order valence-corrected chi connectivity index (χ1v) is 1.47. The Morgan fingerprint density at radius 2 is 1.67 bits per heavy atom. The molecule has 41 valence electrons. The minimum atomic E-state index is 0. The molecule has 6 heavy (non-hydrogen) atoms. The first-order valence-electron chi connectivity index (χ1n) is 1.47. The minimum Gasteiger partial charge on any atom is -0.665 e. The van der Waals surface area contributed by atoms with Crippen LogP contribution >= 0.6 is 0 Å². The van der Waals surface area contributed by atoms with Gasteiger partial charge in [-0.15, -0.1) is 0 Å². The standard InChI is InChI=1S/C3H8N.2Ru/c1-3-4-2;;/h3H2,1-2H3;;/q-1;;+1. The number of hydrogen-bond donors (Lipinski definition) is 0. The van der Waals surface area contributed by atoms with Crippen molar-refractivity contribution in [1.29, 1.82) is 0 Å². The molecule has 0 spiro atoms. The van der Waals surface area contributed by atoms with Crippen LogP contribution in [0.5, 0.6) is 0 Å². The van der Waals surface area contributed by atoms with E-state index >= 15 is 0 Å². The fraction of sp³-hybridized carbons (Fsp3) is 1.00. The molecule has 0 saturated carbocycles. The van der Waals surface area contributed by atoms with Crippen LogP contribution in [0.4, 0.5) is 0 Å². The van der Waals surface area contributed by atoms with E-state index in [-0.39, 0.29) is 39.0 Å². The van der Waals surface area contributed by atoms with Crippen LogP contribution in [-0.4, -0.2) is 13.6 Å². The van der Waals surface area contributed by atoms with Gasteiger partial charge in [0.2, 0.25) is 0 Å². The zero-order valence-corrected chi connectivity index (χ0v) is 7.34. The van der Waals surface area contributed by atoms with Gasteiger partial charge in [-0.1, -0.05) is 6.92 Å². The van der Waals surface area contributed by atoms with Crippen LogP contribution in [0.25, 0.3) is 5.32 Å². The third-order valence-corrected chi connectivity index (χ3v) is 0.316. The summed E-state index contributed by atoms with van der Waals surface area (Å²) in [4.78, 5) is 0. The molecule has 0 aromatic rings. The first-order chi connectivity index (χ1) is 1.91. The van der Waals surface area contributed by atoms with Gasteiger partial charge >= 0.3 is 19.5 Å². The van der Waals surface area contributed by atoms with Crippen LogP contribution < -0.4 is 0 Å². The fourth-order valence-corrected chi connectivity index (χ4v) is 0. The molecule has 0 aliphatic carbocycles. The van der Waals surface area contributed by atoms with Crippen LogP contribution in [0.2, 0.25) is 0 Å². The summed E-state index contributed by atoms with van der Waals surface area (Å²) in [5, 5.41) is 3.74. The van der Waals surface area contributed by atoms with E-state index in [9.17, 15) is 0 Å². The Kier molecular flexibility index (Phi) is 42.8. The summed E-state index contributed by atoms with van der Waals surface area (Å²) in [5.41, 5.74) is 0. The molecule has 0 aromatic heterocycles. The Bertz CT molecular complexity index is 10.8. The average molecular weight is 260 g/mol. The van der Waals surface area contributed by atoms with Crippen molar-refractivity contribution in [3.05, 3.63) is 5.32 Å². The SMILES string of the molecule is CC[N-]C.[Ru+].[Ru]. The van der Waals surface area contributed by atoms with Crippen molar-refractivity contribution < 1.29 is 39.0 Å². The maximum absolute atomic E-state index is 3.74. The van der Waals surface area contributed by atoms with Crippen molar-refractivity contribution in [3.8, 4) is 0 Å². The Labute approximate surface area is 64.8 Å². The number of hydrogen-bond acceptors (Lipinski definition) is 0. The molecule has 0 saturated heterocycles. The van der Waals surface area contributed by atoms with Gasteiger partial charge in [-0.3, -0.25) is 0 Å². The molecule has 0 aromatic carbocycles. The van der Waals surface area contributed by atoms with E-state index in [0.717, 1.165) is 6.54 Å². The zero-order chi connectivity index (χ0) is 3.41. The number of rotatable bonds is 1. The zero-order valence-electron chi connectivity index (χ0n) is 3.86. The van der Waals surface area contributed by atoms with Crippen LogP contribution in [0.15, 0.2) is 0 Å².